The fourth-order valence-electron chi connectivity index (χ4n) is 1.94. The Kier molecular flexibility index (Phi) is 2.77. The van der Waals surface area contributed by atoms with Crippen LogP contribution in [0.3, 0.4) is 0 Å². The van der Waals surface area contributed by atoms with Crippen molar-refractivity contribution in [2.75, 3.05) is 36.8 Å². The molecule has 1 aliphatic heterocycles. The number of aromatic nitrogens is 1. The van der Waals surface area contributed by atoms with Gasteiger partial charge in [-0.25, -0.2) is 4.98 Å². The number of pyridine rings is 1. The van der Waals surface area contributed by atoms with Gasteiger partial charge in [0.2, 0.25) is 0 Å². The molecule has 2 heterocycles. The highest BCUT2D eigenvalue weighted by Gasteiger charge is 2.15. The van der Waals surface area contributed by atoms with Crippen LogP contribution < -0.4 is 16.0 Å². The number of nitrogens with two attached hydrogens (primary N) is 1. The summed E-state index contributed by atoms with van der Waals surface area (Å²) in [6.45, 7) is 8.11. The number of aryl methyl sites for hydroxylation is 1. The zero-order chi connectivity index (χ0) is 10.8. The van der Waals surface area contributed by atoms with E-state index in [2.05, 4.69) is 15.2 Å². The lowest BCUT2D eigenvalue weighted by Gasteiger charge is -2.30. The summed E-state index contributed by atoms with van der Waals surface area (Å²) < 4.78 is 0. The van der Waals surface area contributed by atoms with Crippen molar-refractivity contribution < 1.29 is 0 Å². The lowest BCUT2D eigenvalue weighted by molar-refractivity contribution is 0.584. The summed E-state index contributed by atoms with van der Waals surface area (Å²) in [6.07, 6.45) is 1.86. The van der Waals surface area contributed by atoms with Crippen molar-refractivity contribution in [3.8, 4) is 0 Å². The van der Waals surface area contributed by atoms with E-state index in [1.165, 1.54) is 0 Å². The quantitative estimate of drug-likeness (QED) is 0.710. The summed E-state index contributed by atoms with van der Waals surface area (Å²) >= 11 is 0. The number of piperazine rings is 1. The van der Waals surface area contributed by atoms with Crippen LogP contribution in [0.2, 0.25) is 0 Å². The Morgan fingerprint density at radius 2 is 2.00 bits per heavy atom. The first kappa shape index (κ1) is 10.2. The number of nitrogens with one attached hydrogen (secondary N) is 1. The molecule has 3 N–H and O–H groups in total. The standard InChI is InChI=1S/C11H18N4/c1-8-7-14-11(9(2)10(8)12)15-5-3-13-4-6-15/h7,13H,3-6H2,1-2H3,(H2,12,14). The third kappa shape index (κ3) is 1.90. The molecule has 0 spiro atoms. The number of anilines is 2. The Labute approximate surface area is 90.5 Å². The van der Waals surface area contributed by atoms with Crippen molar-refractivity contribution in [2.45, 2.75) is 13.8 Å². The molecule has 4 nitrogen and oxygen atoms in total. The topological polar surface area (TPSA) is 54.2 Å². The zero-order valence-corrected chi connectivity index (χ0v) is 9.38. The van der Waals surface area contributed by atoms with E-state index in [1.807, 2.05) is 20.0 Å². The van der Waals surface area contributed by atoms with Gasteiger partial charge in [-0.2, -0.15) is 0 Å². The Morgan fingerprint density at radius 1 is 1.33 bits per heavy atom. The highest BCUT2D eigenvalue weighted by molar-refractivity contribution is 5.63. The van der Waals surface area contributed by atoms with Gasteiger partial charge in [-0.1, -0.05) is 0 Å². The van der Waals surface area contributed by atoms with Gasteiger partial charge in [0.1, 0.15) is 5.82 Å². The van der Waals surface area contributed by atoms with E-state index >= 15 is 0 Å². The molecule has 0 bridgehead atoms. The number of hydrogen-bond donors (Lipinski definition) is 2. The summed E-state index contributed by atoms with van der Waals surface area (Å²) in [5.41, 5.74) is 9.05. The number of nitrogen functional groups attached to an aromatic ring is 1. The van der Waals surface area contributed by atoms with Gasteiger partial charge >= 0.3 is 0 Å². The van der Waals surface area contributed by atoms with E-state index in [1.54, 1.807) is 0 Å². The molecule has 0 aromatic carbocycles. The second-order valence-electron chi connectivity index (χ2n) is 4.04. The van der Waals surface area contributed by atoms with Crippen LogP contribution >= 0.6 is 0 Å². The maximum absolute atomic E-state index is 6.01. The van der Waals surface area contributed by atoms with E-state index in [9.17, 15) is 0 Å². The Morgan fingerprint density at radius 3 is 2.67 bits per heavy atom. The van der Waals surface area contributed by atoms with Crippen molar-refractivity contribution in [2.24, 2.45) is 0 Å². The summed E-state index contributed by atoms with van der Waals surface area (Å²) in [5.74, 6) is 1.04. The average molecular weight is 206 g/mol. The van der Waals surface area contributed by atoms with Crippen molar-refractivity contribution in [1.29, 1.82) is 0 Å². The highest BCUT2D eigenvalue weighted by Crippen LogP contribution is 2.24. The van der Waals surface area contributed by atoms with Gasteiger partial charge in [0, 0.05) is 43.6 Å². The van der Waals surface area contributed by atoms with Gasteiger partial charge in [0.25, 0.3) is 0 Å². The summed E-state index contributed by atoms with van der Waals surface area (Å²) in [4.78, 5) is 6.77. The van der Waals surface area contributed by atoms with Crippen LogP contribution in [0.25, 0.3) is 0 Å². The lowest BCUT2D eigenvalue weighted by atomic mass is 10.1. The Balaban J connectivity index is 2.31. The molecule has 15 heavy (non-hydrogen) atoms. The zero-order valence-electron chi connectivity index (χ0n) is 9.38. The van der Waals surface area contributed by atoms with Gasteiger partial charge in [-0.3, -0.25) is 0 Å². The molecule has 0 aliphatic carbocycles. The smallest absolute Gasteiger partial charge is 0.133 e. The minimum Gasteiger partial charge on any atom is -0.398 e. The first-order valence-corrected chi connectivity index (χ1v) is 5.37. The van der Waals surface area contributed by atoms with Crippen LogP contribution in [0.5, 0.6) is 0 Å². The van der Waals surface area contributed by atoms with Crippen LogP contribution in [0, 0.1) is 13.8 Å². The molecule has 0 atom stereocenters. The predicted molar refractivity (Wildman–Crippen MR) is 63.2 cm³/mol. The van der Waals surface area contributed by atoms with E-state index in [-0.39, 0.29) is 0 Å². The molecule has 0 amide bonds. The van der Waals surface area contributed by atoms with E-state index in [4.69, 9.17) is 5.73 Å². The highest BCUT2D eigenvalue weighted by atomic mass is 15.2. The maximum Gasteiger partial charge on any atom is 0.133 e. The molecule has 82 valence electrons. The monoisotopic (exact) mass is 206 g/mol. The molecular formula is C11H18N4. The van der Waals surface area contributed by atoms with Crippen molar-refractivity contribution >= 4 is 11.5 Å². The largest absolute Gasteiger partial charge is 0.398 e. The third-order valence-corrected chi connectivity index (χ3v) is 2.96. The van der Waals surface area contributed by atoms with Gasteiger partial charge in [0.05, 0.1) is 0 Å². The molecule has 1 aromatic rings. The molecule has 0 radical (unpaired) electrons. The summed E-state index contributed by atoms with van der Waals surface area (Å²) in [5, 5.41) is 3.33. The van der Waals surface area contributed by atoms with Crippen LogP contribution in [0.4, 0.5) is 11.5 Å². The molecular weight excluding hydrogens is 188 g/mol. The predicted octanol–water partition coefficient (Wildman–Crippen LogP) is 0.690. The minimum absolute atomic E-state index is 0.874. The molecule has 0 unspecified atom stereocenters. The number of nitrogens with zero attached hydrogens (tertiary/aromatic N) is 2. The average Bonchev–Trinajstić information content (AvgIpc) is 2.27. The van der Waals surface area contributed by atoms with Gasteiger partial charge in [-0.05, 0) is 19.4 Å². The van der Waals surface area contributed by atoms with Crippen molar-refractivity contribution in [3.63, 3.8) is 0 Å². The fourth-order valence-corrected chi connectivity index (χ4v) is 1.94. The molecule has 4 heteroatoms. The van der Waals surface area contributed by atoms with E-state index in [0.717, 1.165) is 48.8 Å². The Hall–Kier alpha value is -1.29. The van der Waals surface area contributed by atoms with Crippen LogP contribution in [0.15, 0.2) is 6.20 Å². The van der Waals surface area contributed by atoms with Crippen molar-refractivity contribution in [1.82, 2.24) is 10.3 Å². The second kappa shape index (κ2) is 4.06. The molecule has 1 saturated heterocycles. The maximum atomic E-state index is 6.01. The molecule has 2 rings (SSSR count). The van der Waals surface area contributed by atoms with Crippen LogP contribution in [-0.4, -0.2) is 31.2 Å². The van der Waals surface area contributed by atoms with Gasteiger partial charge in [-0.15, -0.1) is 0 Å². The summed E-state index contributed by atoms with van der Waals surface area (Å²) in [7, 11) is 0. The van der Waals surface area contributed by atoms with Crippen LogP contribution in [0.1, 0.15) is 11.1 Å². The molecule has 1 aromatic heterocycles. The number of hydrogen-bond acceptors (Lipinski definition) is 4. The second-order valence-corrected chi connectivity index (χ2v) is 4.04. The fraction of sp³-hybridized carbons (Fsp3) is 0.545. The Bertz CT molecular complexity index is 356. The third-order valence-electron chi connectivity index (χ3n) is 2.96. The molecule has 1 aliphatic rings. The van der Waals surface area contributed by atoms with Crippen LogP contribution in [-0.2, 0) is 0 Å². The van der Waals surface area contributed by atoms with Gasteiger partial charge in [0.15, 0.2) is 0 Å². The first-order chi connectivity index (χ1) is 7.20. The minimum atomic E-state index is 0.874. The van der Waals surface area contributed by atoms with Gasteiger partial charge < -0.3 is 16.0 Å². The summed E-state index contributed by atoms with van der Waals surface area (Å²) in [6, 6.07) is 0. The first-order valence-electron chi connectivity index (χ1n) is 5.37. The number of rotatable bonds is 1. The molecule has 1 fully saturated rings. The van der Waals surface area contributed by atoms with E-state index < -0.39 is 0 Å². The van der Waals surface area contributed by atoms with Crippen molar-refractivity contribution in [3.05, 3.63) is 17.3 Å². The normalized spacial score (nSPS) is 16.8. The molecule has 0 saturated carbocycles. The van der Waals surface area contributed by atoms with E-state index in [0.29, 0.717) is 0 Å². The lowest BCUT2D eigenvalue weighted by Crippen LogP contribution is -2.44. The SMILES string of the molecule is Cc1cnc(N2CCNCC2)c(C)c1N.